The normalized spacial score (nSPS) is 16.7. The van der Waals surface area contributed by atoms with Crippen molar-refractivity contribution in [2.24, 2.45) is 0 Å². The minimum absolute atomic E-state index is 0.0636. The zero-order chi connectivity index (χ0) is 22.3. The number of methoxy groups -OCH3 is 2. The number of nitrogens with zero attached hydrogens (tertiary/aromatic N) is 1. The van der Waals surface area contributed by atoms with Crippen LogP contribution in [0.15, 0.2) is 29.6 Å². The SMILES string of the molecule is COc1cc2c(cc1OC)C(c1cccs1)N(C(=O)c1[nH]c(C)c(C(C)O)c1C)CC2. The number of aryl methyl sites for hydroxylation is 1. The standard InChI is InChI=1S/C24H28N2O4S/c1-13-21(15(3)27)14(2)25-22(13)24(28)26-9-8-16-11-18(29-4)19(30-5)12-17(16)23(26)20-7-6-10-31-20/h6-7,10-12,15,23,25,27H,8-9H2,1-5H3. The first-order chi connectivity index (χ1) is 14.9. The van der Waals surface area contributed by atoms with Crippen molar-refractivity contribution in [2.75, 3.05) is 20.8 Å². The van der Waals surface area contributed by atoms with E-state index in [1.165, 1.54) is 0 Å². The molecule has 2 unspecified atom stereocenters. The number of thiophene rings is 1. The Morgan fingerprint density at radius 3 is 2.55 bits per heavy atom. The van der Waals surface area contributed by atoms with Gasteiger partial charge in [0, 0.05) is 22.7 Å². The number of carbonyl (C=O) groups is 1. The van der Waals surface area contributed by atoms with Gasteiger partial charge in [0.1, 0.15) is 5.69 Å². The molecular weight excluding hydrogens is 412 g/mol. The Balaban J connectivity index is 1.82. The van der Waals surface area contributed by atoms with E-state index in [4.69, 9.17) is 9.47 Å². The summed E-state index contributed by atoms with van der Waals surface area (Å²) in [5.74, 6) is 1.29. The number of carbonyl (C=O) groups excluding carboxylic acids is 1. The predicted molar refractivity (Wildman–Crippen MR) is 121 cm³/mol. The largest absolute Gasteiger partial charge is 0.493 e. The minimum Gasteiger partial charge on any atom is -0.493 e. The molecule has 1 aliphatic rings. The first-order valence-electron chi connectivity index (χ1n) is 10.3. The Hall–Kier alpha value is -2.77. The summed E-state index contributed by atoms with van der Waals surface area (Å²) in [5, 5.41) is 12.2. The van der Waals surface area contributed by atoms with Gasteiger partial charge in [0.05, 0.1) is 26.4 Å². The Kier molecular flexibility index (Phi) is 5.81. The molecule has 0 saturated heterocycles. The molecule has 0 radical (unpaired) electrons. The number of nitrogens with one attached hydrogen (secondary N) is 1. The average molecular weight is 441 g/mol. The number of benzene rings is 1. The van der Waals surface area contributed by atoms with Gasteiger partial charge in [-0.05, 0) is 67.5 Å². The zero-order valence-electron chi connectivity index (χ0n) is 18.5. The number of aliphatic hydroxyl groups is 1. The van der Waals surface area contributed by atoms with Gasteiger partial charge >= 0.3 is 0 Å². The van der Waals surface area contributed by atoms with Gasteiger partial charge in [-0.15, -0.1) is 11.3 Å². The number of amides is 1. The molecule has 0 fully saturated rings. The van der Waals surface area contributed by atoms with E-state index in [-0.39, 0.29) is 11.9 Å². The number of aromatic nitrogens is 1. The van der Waals surface area contributed by atoms with Crippen LogP contribution in [0, 0.1) is 13.8 Å². The number of aliphatic hydroxyl groups excluding tert-OH is 1. The Bertz CT molecular complexity index is 1100. The molecule has 0 bridgehead atoms. The Morgan fingerprint density at radius 2 is 1.97 bits per heavy atom. The second kappa shape index (κ2) is 8.40. The zero-order valence-corrected chi connectivity index (χ0v) is 19.3. The molecule has 164 valence electrons. The van der Waals surface area contributed by atoms with Gasteiger partial charge in [-0.2, -0.15) is 0 Å². The molecule has 31 heavy (non-hydrogen) atoms. The predicted octanol–water partition coefficient (Wildman–Crippen LogP) is 4.55. The van der Waals surface area contributed by atoms with Gasteiger partial charge in [-0.3, -0.25) is 4.79 Å². The molecule has 4 rings (SSSR count). The Morgan fingerprint density at radius 1 is 1.26 bits per heavy atom. The van der Waals surface area contributed by atoms with Gasteiger partial charge in [0.25, 0.3) is 5.91 Å². The van der Waals surface area contributed by atoms with E-state index in [0.717, 1.165) is 39.2 Å². The third-order valence-corrected chi connectivity index (χ3v) is 7.00. The third-order valence-electron chi connectivity index (χ3n) is 6.07. The third kappa shape index (κ3) is 3.62. The highest BCUT2D eigenvalue weighted by molar-refractivity contribution is 7.10. The molecule has 3 aromatic rings. The van der Waals surface area contributed by atoms with Crippen LogP contribution < -0.4 is 9.47 Å². The molecule has 1 aliphatic heterocycles. The molecule has 2 aromatic heterocycles. The second-order valence-corrected chi connectivity index (χ2v) is 8.89. The minimum atomic E-state index is -0.635. The summed E-state index contributed by atoms with van der Waals surface area (Å²) in [4.78, 5) is 20.0. The van der Waals surface area contributed by atoms with Crippen molar-refractivity contribution in [2.45, 2.75) is 39.3 Å². The molecule has 0 saturated carbocycles. The van der Waals surface area contributed by atoms with E-state index in [0.29, 0.717) is 23.7 Å². The molecule has 2 atom stereocenters. The molecule has 7 heteroatoms. The van der Waals surface area contributed by atoms with Gasteiger partial charge in [-0.25, -0.2) is 0 Å². The first kappa shape index (κ1) is 21.5. The molecule has 3 heterocycles. The first-order valence-corrected chi connectivity index (χ1v) is 11.2. The van der Waals surface area contributed by atoms with Gasteiger partial charge < -0.3 is 24.5 Å². The number of fused-ring (bicyclic) bond motifs is 1. The molecule has 2 N–H and O–H groups in total. The summed E-state index contributed by atoms with van der Waals surface area (Å²) in [6.07, 6.45) is 0.0929. The van der Waals surface area contributed by atoms with Crippen molar-refractivity contribution in [1.82, 2.24) is 9.88 Å². The van der Waals surface area contributed by atoms with Crippen molar-refractivity contribution < 1.29 is 19.4 Å². The highest BCUT2D eigenvalue weighted by Gasteiger charge is 2.36. The summed E-state index contributed by atoms with van der Waals surface area (Å²) in [6.45, 7) is 6.10. The Labute approximate surface area is 186 Å². The van der Waals surface area contributed by atoms with Crippen LogP contribution in [-0.2, 0) is 6.42 Å². The fraction of sp³-hybridized carbons (Fsp3) is 0.375. The van der Waals surface area contributed by atoms with Crippen molar-refractivity contribution in [3.63, 3.8) is 0 Å². The number of H-pyrrole nitrogens is 1. The van der Waals surface area contributed by atoms with Crippen LogP contribution in [0.2, 0.25) is 0 Å². The van der Waals surface area contributed by atoms with Crippen LogP contribution in [-0.4, -0.2) is 41.7 Å². The van der Waals surface area contributed by atoms with Crippen molar-refractivity contribution in [3.8, 4) is 11.5 Å². The van der Waals surface area contributed by atoms with Gasteiger partial charge in [0.15, 0.2) is 11.5 Å². The van der Waals surface area contributed by atoms with Crippen molar-refractivity contribution in [1.29, 1.82) is 0 Å². The molecule has 0 spiro atoms. The molecule has 0 aliphatic carbocycles. The van der Waals surface area contributed by atoms with E-state index in [1.807, 2.05) is 42.3 Å². The smallest absolute Gasteiger partial charge is 0.271 e. The van der Waals surface area contributed by atoms with Gasteiger partial charge in [0.2, 0.25) is 0 Å². The van der Waals surface area contributed by atoms with E-state index >= 15 is 0 Å². The lowest BCUT2D eigenvalue weighted by atomic mass is 9.90. The number of hydrogen-bond donors (Lipinski definition) is 2. The summed E-state index contributed by atoms with van der Waals surface area (Å²) in [5.41, 5.74) is 5.17. The maximum atomic E-state index is 13.8. The fourth-order valence-corrected chi connectivity index (χ4v) is 5.52. The van der Waals surface area contributed by atoms with E-state index in [9.17, 15) is 9.90 Å². The van der Waals surface area contributed by atoms with E-state index < -0.39 is 6.10 Å². The van der Waals surface area contributed by atoms with Crippen LogP contribution in [0.1, 0.15) is 62.4 Å². The molecule has 1 amide bonds. The van der Waals surface area contributed by atoms with Crippen molar-refractivity contribution in [3.05, 3.63) is 68.2 Å². The van der Waals surface area contributed by atoms with Gasteiger partial charge in [-0.1, -0.05) is 6.07 Å². The number of aromatic amines is 1. The number of rotatable bonds is 5. The lowest BCUT2D eigenvalue weighted by molar-refractivity contribution is 0.0690. The maximum absolute atomic E-state index is 13.8. The van der Waals surface area contributed by atoms with Crippen LogP contribution >= 0.6 is 11.3 Å². The lowest BCUT2D eigenvalue weighted by Gasteiger charge is -2.37. The topological polar surface area (TPSA) is 74.8 Å². The fourth-order valence-electron chi connectivity index (χ4n) is 4.67. The summed E-state index contributed by atoms with van der Waals surface area (Å²) in [6, 6.07) is 7.87. The monoisotopic (exact) mass is 440 g/mol. The quantitative estimate of drug-likeness (QED) is 0.610. The highest BCUT2D eigenvalue weighted by Crippen LogP contribution is 2.43. The van der Waals surface area contributed by atoms with E-state index in [1.54, 1.807) is 32.5 Å². The van der Waals surface area contributed by atoms with Crippen LogP contribution in [0.25, 0.3) is 0 Å². The summed E-state index contributed by atoms with van der Waals surface area (Å²) >= 11 is 1.63. The van der Waals surface area contributed by atoms with Crippen LogP contribution in [0.5, 0.6) is 11.5 Å². The maximum Gasteiger partial charge on any atom is 0.271 e. The highest BCUT2D eigenvalue weighted by atomic mass is 32.1. The van der Waals surface area contributed by atoms with Crippen LogP contribution in [0.4, 0.5) is 0 Å². The summed E-state index contributed by atoms with van der Waals surface area (Å²) in [7, 11) is 3.26. The average Bonchev–Trinajstić information content (AvgIpc) is 3.38. The number of ether oxygens (including phenoxy) is 2. The summed E-state index contributed by atoms with van der Waals surface area (Å²) < 4.78 is 11.0. The van der Waals surface area contributed by atoms with Crippen LogP contribution in [0.3, 0.4) is 0 Å². The second-order valence-electron chi connectivity index (χ2n) is 7.91. The molecule has 6 nitrogen and oxygen atoms in total. The lowest BCUT2D eigenvalue weighted by Crippen LogP contribution is -2.40. The van der Waals surface area contributed by atoms with E-state index in [2.05, 4.69) is 11.1 Å². The molecule has 1 aromatic carbocycles. The number of hydrogen-bond acceptors (Lipinski definition) is 5. The molecular formula is C24H28N2O4S. The van der Waals surface area contributed by atoms with Crippen molar-refractivity contribution >= 4 is 17.2 Å².